The van der Waals surface area contributed by atoms with E-state index in [0.717, 1.165) is 22.7 Å². The highest BCUT2D eigenvalue weighted by atomic mass is 16.5. The monoisotopic (exact) mass is 344 g/mol. The first kappa shape index (κ1) is 16.2. The normalized spacial score (nSPS) is 16.0. The summed E-state index contributed by atoms with van der Waals surface area (Å²) < 4.78 is 5.25. The van der Waals surface area contributed by atoms with E-state index >= 15 is 0 Å². The van der Waals surface area contributed by atoms with Gasteiger partial charge in [0.05, 0.1) is 12.7 Å². The summed E-state index contributed by atoms with van der Waals surface area (Å²) in [6, 6.07) is 23.4. The van der Waals surface area contributed by atoms with Gasteiger partial charge in [-0.2, -0.15) is 0 Å². The summed E-state index contributed by atoms with van der Waals surface area (Å²) in [4.78, 5) is 15.1. The number of carbonyl (C=O) groups is 1. The molecular weight excluding hydrogens is 324 g/mol. The molecule has 1 atom stereocenters. The number of carbonyl (C=O) groups excluding carboxylic acids is 1. The fourth-order valence-corrected chi connectivity index (χ4v) is 3.24. The molecule has 3 aromatic rings. The second-order valence-corrected chi connectivity index (χ2v) is 6.38. The van der Waals surface area contributed by atoms with E-state index in [-0.39, 0.29) is 12.1 Å². The molecule has 1 heterocycles. The van der Waals surface area contributed by atoms with Crippen LogP contribution < -0.4 is 15.0 Å². The van der Waals surface area contributed by atoms with E-state index in [9.17, 15) is 4.79 Å². The lowest BCUT2D eigenvalue weighted by atomic mass is 10.0. The van der Waals surface area contributed by atoms with Gasteiger partial charge in [-0.05, 0) is 48.9 Å². The molecule has 1 N–H and O–H groups in total. The number of methoxy groups -OCH3 is 1. The van der Waals surface area contributed by atoms with Crippen LogP contribution >= 0.6 is 0 Å². The minimum atomic E-state index is -0.272. The Morgan fingerprint density at radius 1 is 0.923 bits per heavy atom. The van der Waals surface area contributed by atoms with Gasteiger partial charge >= 0.3 is 0 Å². The molecule has 4 rings (SSSR count). The standard InChI is InChI=1S/C22H20N2O2/c1-15-7-9-16(10-8-15)21-23-20-6-4-3-5-19(20)22(25)24(21)17-11-13-18(26-2)14-12-17/h3-14,21,23H,1-2H3. The molecular formula is C22H20N2O2. The number of para-hydroxylation sites is 1. The molecule has 0 spiro atoms. The van der Waals surface area contributed by atoms with Gasteiger partial charge in [-0.25, -0.2) is 0 Å². The lowest BCUT2D eigenvalue weighted by molar-refractivity contribution is 0.0975. The van der Waals surface area contributed by atoms with Crippen LogP contribution in [0.25, 0.3) is 0 Å². The second kappa shape index (κ2) is 6.56. The summed E-state index contributed by atoms with van der Waals surface area (Å²) >= 11 is 0. The summed E-state index contributed by atoms with van der Waals surface area (Å²) in [5.74, 6) is 0.744. The number of ether oxygens (including phenoxy) is 1. The van der Waals surface area contributed by atoms with Gasteiger partial charge in [0.25, 0.3) is 5.91 Å². The van der Waals surface area contributed by atoms with Crippen molar-refractivity contribution in [2.24, 2.45) is 0 Å². The molecule has 0 radical (unpaired) electrons. The molecule has 0 saturated heterocycles. The van der Waals surface area contributed by atoms with Gasteiger partial charge in [0, 0.05) is 11.4 Å². The van der Waals surface area contributed by atoms with E-state index in [1.807, 2.05) is 48.5 Å². The van der Waals surface area contributed by atoms with Gasteiger partial charge in [0.15, 0.2) is 0 Å². The number of rotatable bonds is 3. The van der Waals surface area contributed by atoms with Gasteiger partial charge in [0.1, 0.15) is 11.9 Å². The summed E-state index contributed by atoms with van der Waals surface area (Å²) in [5, 5.41) is 3.51. The van der Waals surface area contributed by atoms with Crippen molar-refractivity contribution < 1.29 is 9.53 Å². The first-order valence-corrected chi connectivity index (χ1v) is 8.57. The Bertz CT molecular complexity index is 933. The number of aryl methyl sites for hydroxylation is 1. The second-order valence-electron chi connectivity index (χ2n) is 6.38. The molecule has 0 bridgehead atoms. The average molecular weight is 344 g/mol. The highest BCUT2D eigenvalue weighted by Crippen LogP contribution is 2.37. The molecule has 1 unspecified atom stereocenters. The molecule has 1 aliphatic heterocycles. The Hall–Kier alpha value is -3.27. The molecule has 130 valence electrons. The van der Waals surface area contributed by atoms with E-state index in [0.29, 0.717) is 5.56 Å². The first-order chi connectivity index (χ1) is 12.7. The minimum absolute atomic E-state index is 0.0184. The molecule has 0 aromatic heterocycles. The van der Waals surface area contributed by atoms with Crippen LogP contribution in [0.3, 0.4) is 0 Å². The van der Waals surface area contributed by atoms with Crippen molar-refractivity contribution in [3.63, 3.8) is 0 Å². The Morgan fingerprint density at radius 3 is 2.31 bits per heavy atom. The van der Waals surface area contributed by atoms with Crippen LogP contribution in [0.1, 0.15) is 27.7 Å². The molecule has 1 amide bonds. The van der Waals surface area contributed by atoms with Crippen molar-refractivity contribution in [3.8, 4) is 5.75 Å². The Morgan fingerprint density at radius 2 is 1.62 bits per heavy atom. The molecule has 1 aliphatic rings. The maximum Gasteiger partial charge on any atom is 0.262 e. The summed E-state index contributed by atoms with van der Waals surface area (Å²) in [6.45, 7) is 2.06. The number of fused-ring (bicyclic) bond motifs is 1. The molecule has 4 heteroatoms. The van der Waals surface area contributed by atoms with E-state index in [1.165, 1.54) is 5.56 Å². The lowest BCUT2D eigenvalue weighted by Crippen LogP contribution is -2.43. The topological polar surface area (TPSA) is 41.6 Å². The average Bonchev–Trinajstić information content (AvgIpc) is 2.69. The number of anilines is 2. The highest BCUT2D eigenvalue weighted by Gasteiger charge is 2.33. The van der Waals surface area contributed by atoms with E-state index < -0.39 is 0 Å². The third-order valence-corrected chi connectivity index (χ3v) is 4.67. The number of benzene rings is 3. The maximum atomic E-state index is 13.3. The Balaban J connectivity index is 1.82. The summed E-state index contributed by atoms with van der Waals surface area (Å²) in [7, 11) is 1.63. The zero-order chi connectivity index (χ0) is 18.1. The summed E-state index contributed by atoms with van der Waals surface area (Å²) in [6.07, 6.45) is -0.272. The molecule has 3 aromatic carbocycles. The van der Waals surface area contributed by atoms with Crippen molar-refractivity contribution >= 4 is 17.3 Å². The van der Waals surface area contributed by atoms with E-state index in [2.05, 4.69) is 36.5 Å². The number of amides is 1. The van der Waals surface area contributed by atoms with Crippen molar-refractivity contribution in [3.05, 3.63) is 89.5 Å². The predicted molar refractivity (Wildman–Crippen MR) is 104 cm³/mol. The third kappa shape index (κ3) is 2.80. The van der Waals surface area contributed by atoms with Gasteiger partial charge in [0.2, 0.25) is 0 Å². The summed E-state index contributed by atoms with van der Waals surface area (Å²) in [5.41, 5.74) is 4.57. The minimum Gasteiger partial charge on any atom is -0.497 e. The third-order valence-electron chi connectivity index (χ3n) is 4.67. The van der Waals surface area contributed by atoms with Crippen molar-refractivity contribution in [1.29, 1.82) is 0 Å². The Labute approximate surface area is 153 Å². The Kier molecular flexibility index (Phi) is 4.09. The zero-order valence-corrected chi connectivity index (χ0v) is 14.8. The molecule has 0 saturated carbocycles. The molecule has 4 nitrogen and oxygen atoms in total. The van der Waals surface area contributed by atoms with Crippen LogP contribution in [0.5, 0.6) is 5.75 Å². The number of nitrogens with one attached hydrogen (secondary N) is 1. The first-order valence-electron chi connectivity index (χ1n) is 8.57. The van der Waals surface area contributed by atoms with Crippen LogP contribution in [0.15, 0.2) is 72.8 Å². The maximum absolute atomic E-state index is 13.3. The van der Waals surface area contributed by atoms with Crippen LogP contribution in [-0.2, 0) is 0 Å². The fraction of sp³-hybridized carbons (Fsp3) is 0.136. The predicted octanol–water partition coefficient (Wildman–Crippen LogP) is 4.77. The van der Waals surface area contributed by atoms with Gasteiger partial charge in [-0.1, -0.05) is 42.0 Å². The zero-order valence-electron chi connectivity index (χ0n) is 14.8. The smallest absolute Gasteiger partial charge is 0.262 e. The van der Waals surface area contributed by atoms with Crippen molar-refractivity contribution in [2.45, 2.75) is 13.1 Å². The van der Waals surface area contributed by atoms with Crippen LogP contribution in [-0.4, -0.2) is 13.0 Å². The highest BCUT2D eigenvalue weighted by molar-refractivity contribution is 6.12. The fourth-order valence-electron chi connectivity index (χ4n) is 3.24. The van der Waals surface area contributed by atoms with Gasteiger partial charge < -0.3 is 10.1 Å². The largest absolute Gasteiger partial charge is 0.497 e. The number of nitrogens with zero attached hydrogens (tertiary/aromatic N) is 1. The quantitative estimate of drug-likeness (QED) is 0.744. The van der Waals surface area contributed by atoms with Gasteiger partial charge in [-0.3, -0.25) is 9.69 Å². The van der Waals surface area contributed by atoms with Crippen LogP contribution in [0.2, 0.25) is 0 Å². The number of hydrogen-bond donors (Lipinski definition) is 1. The van der Waals surface area contributed by atoms with E-state index in [4.69, 9.17) is 4.74 Å². The van der Waals surface area contributed by atoms with Crippen molar-refractivity contribution in [1.82, 2.24) is 0 Å². The van der Waals surface area contributed by atoms with Crippen molar-refractivity contribution in [2.75, 3.05) is 17.3 Å². The van der Waals surface area contributed by atoms with E-state index in [1.54, 1.807) is 12.0 Å². The van der Waals surface area contributed by atoms with Crippen LogP contribution in [0.4, 0.5) is 11.4 Å². The lowest BCUT2D eigenvalue weighted by Gasteiger charge is -2.38. The molecule has 0 aliphatic carbocycles. The molecule has 26 heavy (non-hydrogen) atoms. The van der Waals surface area contributed by atoms with Gasteiger partial charge in [-0.15, -0.1) is 0 Å². The molecule has 0 fully saturated rings. The van der Waals surface area contributed by atoms with Crippen LogP contribution in [0, 0.1) is 6.92 Å². The number of hydrogen-bond acceptors (Lipinski definition) is 3. The SMILES string of the molecule is COc1ccc(N2C(=O)c3ccccc3NC2c2ccc(C)cc2)cc1.